The van der Waals surface area contributed by atoms with E-state index in [0.717, 1.165) is 6.07 Å². The number of carbonyl (C=O) groups excluding carboxylic acids is 1. The summed E-state index contributed by atoms with van der Waals surface area (Å²) in [5, 5.41) is 11.5. The third-order valence-corrected chi connectivity index (χ3v) is 4.44. The van der Waals surface area contributed by atoms with Gasteiger partial charge < -0.3 is 19.9 Å². The number of rotatable bonds is 6. The molecule has 0 fully saturated rings. The van der Waals surface area contributed by atoms with Crippen LogP contribution in [-0.4, -0.2) is 31.1 Å². The minimum Gasteiger partial charge on any atom is -0.497 e. The maximum absolute atomic E-state index is 15.1. The van der Waals surface area contributed by atoms with Crippen molar-refractivity contribution >= 4 is 17.6 Å². The Labute approximate surface area is 170 Å². The largest absolute Gasteiger partial charge is 0.497 e. The van der Waals surface area contributed by atoms with Gasteiger partial charge in [-0.3, -0.25) is 4.79 Å². The molecule has 28 heavy (non-hydrogen) atoms. The van der Waals surface area contributed by atoms with Crippen molar-refractivity contribution in [2.24, 2.45) is 0 Å². The Balaban J connectivity index is 2.02. The molecule has 0 saturated carbocycles. The van der Waals surface area contributed by atoms with E-state index in [1.54, 1.807) is 0 Å². The van der Waals surface area contributed by atoms with Gasteiger partial charge in [0.1, 0.15) is 17.2 Å². The molecule has 1 amide bonds. The average Bonchev–Trinajstić information content (AvgIpc) is 3.18. The van der Waals surface area contributed by atoms with E-state index in [9.17, 15) is 14.7 Å². The summed E-state index contributed by atoms with van der Waals surface area (Å²) in [5.41, 5.74) is -0.259. The highest BCUT2D eigenvalue weighted by Gasteiger charge is 2.26. The zero-order valence-electron chi connectivity index (χ0n) is 20.5. The van der Waals surface area contributed by atoms with E-state index in [-0.39, 0.29) is 35.3 Å². The number of nitrogens with one attached hydrogen (secondary N) is 1. The summed E-state index contributed by atoms with van der Waals surface area (Å²) in [4.78, 5) is 24.0. The van der Waals surface area contributed by atoms with Gasteiger partial charge >= 0.3 is 5.97 Å². The SMILES string of the molecule is [2H]C([2H])([2H])Oc1cccc(-c2cc(F)c(NC(=O)C3=C(C(=O)O)CCC3)c(OC([2H])([2H])[2H])c2)c1. The topological polar surface area (TPSA) is 84.9 Å². The summed E-state index contributed by atoms with van der Waals surface area (Å²) in [6, 6.07) is 7.85. The smallest absolute Gasteiger partial charge is 0.332 e. The van der Waals surface area contributed by atoms with Crippen molar-refractivity contribution in [3.05, 3.63) is 53.4 Å². The van der Waals surface area contributed by atoms with Crippen LogP contribution in [0.4, 0.5) is 10.1 Å². The molecule has 7 heteroatoms. The molecule has 0 radical (unpaired) electrons. The van der Waals surface area contributed by atoms with Crippen molar-refractivity contribution in [2.75, 3.05) is 19.4 Å². The Hall–Kier alpha value is -3.35. The second kappa shape index (κ2) is 8.12. The minimum absolute atomic E-state index is 0.0228. The van der Waals surface area contributed by atoms with Crippen molar-refractivity contribution in [1.29, 1.82) is 0 Å². The lowest BCUT2D eigenvalue weighted by atomic mass is 10.0. The highest BCUT2D eigenvalue weighted by Crippen LogP contribution is 2.36. The van der Waals surface area contributed by atoms with E-state index in [0.29, 0.717) is 12.0 Å². The predicted octanol–water partition coefficient (Wildman–Crippen LogP) is 4.01. The molecule has 0 bridgehead atoms. The number of aliphatic carboxylic acids is 1. The predicted molar refractivity (Wildman–Crippen MR) is 102 cm³/mol. The fraction of sp³-hybridized carbons (Fsp3) is 0.238. The van der Waals surface area contributed by atoms with E-state index in [4.69, 9.17) is 17.7 Å². The molecule has 146 valence electrons. The number of ether oxygens (including phenoxy) is 2. The molecule has 0 aromatic heterocycles. The van der Waals surface area contributed by atoms with Gasteiger partial charge in [-0.05, 0) is 54.7 Å². The van der Waals surface area contributed by atoms with Gasteiger partial charge in [0.2, 0.25) is 0 Å². The first-order chi connectivity index (χ1) is 15.7. The molecule has 0 unspecified atom stereocenters. The molecule has 6 nitrogen and oxygen atoms in total. The van der Waals surface area contributed by atoms with Crippen LogP contribution < -0.4 is 14.8 Å². The molecule has 1 aliphatic carbocycles. The van der Waals surface area contributed by atoms with Crippen molar-refractivity contribution in [2.45, 2.75) is 19.3 Å². The third kappa shape index (κ3) is 3.83. The number of methoxy groups -OCH3 is 2. The number of benzene rings is 2. The number of carboxylic acids is 1. The van der Waals surface area contributed by atoms with E-state index in [1.807, 2.05) is 0 Å². The monoisotopic (exact) mass is 391 g/mol. The van der Waals surface area contributed by atoms with Crippen molar-refractivity contribution in [1.82, 2.24) is 0 Å². The van der Waals surface area contributed by atoms with Crippen LogP contribution in [0.15, 0.2) is 47.5 Å². The van der Waals surface area contributed by atoms with Crippen LogP contribution in [0.1, 0.15) is 27.5 Å². The molecular formula is C21H20FNO5. The molecule has 3 rings (SSSR count). The van der Waals surface area contributed by atoms with E-state index >= 15 is 4.39 Å². The maximum atomic E-state index is 15.1. The Morgan fingerprint density at radius 2 is 1.89 bits per heavy atom. The van der Waals surface area contributed by atoms with Crippen LogP contribution in [0, 0.1) is 5.82 Å². The van der Waals surface area contributed by atoms with Crippen molar-refractivity contribution in [3.8, 4) is 22.6 Å². The van der Waals surface area contributed by atoms with Crippen LogP contribution in [0.2, 0.25) is 0 Å². The van der Waals surface area contributed by atoms with E-state index < -0.39 is 43.2 Å². The lowest BCUT2D eigenvalue weighted by molar-refractivity contribution is -0.133. The second-order valence-electron chi connectivity index (χ2n) is 6.13. The van der Waals surface area contributed by atoms with Crippen LogP contribution in [0.5, 0.6) is 11.5 Å². The van der Waals surface area contributed by atoms with Gasteiger partial charge in [-0.2, -0.15) is 0 Å². The van der Waals surface area contributed by atoms with Crippen LogP contribution in [0.25, 0.3) is 11.1 Å². The Kier molecular flexibility index (Phi) is 3.75. The van der Waals surface area contributed by atoms with Gasteiger partial charge in [0.25, 0.3) is 5.91 Å². The molecule has 1 aliphatic rings. The summed E-state index contributed by atoms with van der Waals surface area (Å²) in [6.07, 6.45) is 0.810. The Bertz CT molecular complexity index is 1160. The number of carbonyl (C=O) groups is 2. The van der Waals surface area contributed by atoms with Gasteiger partial charge in [-0.25, -0.2) is 9.18 Å². The molecule has 0 spiro atoms. The highest BCUT2D eigenvalue weighted by atomic mass is 19.1. The van der Waals surface area contributed by atoms with Crippen LogP contribution in [-0.2, 0) is 9.59 Å². The summed E-state index contributed by atoms with van der Waals surface area (Å²) < 4.78 is 68.6. The zero-order valence-corrected chi connectivity index (χ0v) is 14.5. The third-order valence-electron chi connectivity index (χ3n) is 4.44. The van der Waals surface area contributed by atoms with Gasteiger partial charge in [0, 0.05) is 11.1 Å². The average molecular weight is 391 g/mol. The summed E-state index contributed by atoms with van der Waals surface area (Å²) >= 11 is 0. The summed E-state index contributed by atoms with van der Waals surface area (Å²) in [6.45, 7) is 0. The molecule has 0 aliphatic heterocycles. The van der Waals surface area contributed by atoms with Crippen LogP contribution in [0.3, 0.4) is 0 Å². The zero-order chi connectivity index (χ0) is 25.3. The molecule has 2 aromatic carbocycles. The number of hydrogen-bond acceptors (Lipinski definition) is 4. The standard InChI is InChI=1S/C21H20FNO5/c1-27-14-6-3-5-12(9-14)13-10-17(22)19(18(11-13)28-2)23-20(24)15-7-4-8-16(15)21(25)26/h3,5-6,9-11H,4,7-8H2,1-2H3,(H,23,24)(H,25,26)/i1D3,2D3. The number of carboxylic acid groups (broad SMARTS) is 1. The summed E-state index contributed by atoms with van der Waals surface area (Å²) in [5.74, 6) is -3.70. The first-order valence-corrected chi connectivity index (χ1v) is 8.32. The lowest BCUT2D eigenvalue weighted by Gasteiger charge is -2.14. The molecule has 0 heterocycles. The summed E-state index contributed by atoms with van der Waals surface area (Å²) in [7, 11) is -5.70. The number of amides is 1. The number of hydrogen-bond donors (Lipinski definition) is 2. The Morgan fingerprint density at radius 3 is 2.64 bits per heavy atom. The van der Waals surface area contributed by atoms with Gasteiger partial charge in [-0.1, -0.05) is 12.1 Å². The highest BCUT2D eigenvalue weighted by molar-refractivity contribution is 6.09. The van der Waals surface area contributed by atoms with Gasteiger partial charge in [-0.15, -0.1) is 0 Å². The van der Waals surface area contributed by atoms with Crippen LogP contribution >= 0.6 is 0 Å². The normalized spacial score (nSPS) is 17.5. The quantitative estimate of drug-likeness (QED) is 0.777. The number of halogens is 1. The minimum atomic E-state index is -2.99. The molecule has 2 aromatic rings. The van der Waals surface area contributed by atoms with Crippen molar-refractivity contribution < 1.29 is 36.8 Å². The second-order valence-corrected chi connectivity index (χ2v) is 6.13. The fourth-order valence-electron chi connectivity index (χ4n) is 3.11. The Morgan fingerprint density at radius 1 is 1.11 bits per heavy atom. The lowest BCUT2D eigenvalue weighted by Crippen LogP contribution is -2.17. The number of anilines is 1. The fourth-order valence-corrected chi connectivity index (χ4v) is 3.11. The van der Waals surface area contributed by atoms with E-state index in [2.05, 4.69) is 5.32 Å². The molecule has 0 saturated heterocycles. The molecule has 0 atom stereocenters. The van der Waals surface area contributed by atoms with Gasteiger partial charge in [0.15, 0.2) is 5.82 Å². The van der Waals surface area contributed by atoms with E-state index in [1.165, 1.54) is 30.3 Å². The molecule has 2 N–H and O–H groups in total. The van der Waals surface area contributed by atoms with Gasteiger partial charge in [0.05, 0.1) is 22.3 Å². The molecular weight excluding hydrogens is 365 g/mol. The first-order valence-electron chi connectivity index (χ1n) is 11.3. The maximum Gasteiger partial charge on any atom is 0.332 e. The first kappa shape index (κ1) is 12.9. The van der Waals surface area contributed by atoms with Crippen molar-refractivity contribution in [3.63, 3.8) is 0 Å².